The van der Waals surface area contributed by atoms with Gasteiger partial charge >= 0.3 is 0 Å². The van der Waals surface area contributed by atoms with Crippen molar-refractivity contribution in [3.05, 3.63) is 89.9 Å². The summed E-state index contributed by atoms with van der Waals surface area (Å²) in [5.41, 5.74) is 7.23. The predicted octanol–water partition coefficient (Wildman–Crippen LogP) is 4.36. The molecule has 0 saturated heterocycles. The molecule has 6 heteroatoms. The lowest BCUT2D eigenvalue weighted by molar-refractivity contribution is 0.0962. The maximum Gasteiger partial charge on any atom is 0.251 e. The molecule has 3 aromatic heterocycles. The molecule has 2 aromatic carbocycles. The lowest BCUT2D eigenvalue weighted by Crippen LogP contribution is -2.18. The van der Waals surface area contributed by atoms with Crippen molar-refractivity contribution < 1.29 is 4.79 Å². The van der Waals surface area contributed by atoms with Gasteiger partial charge < -0.3 is 9.88 Å². The minimum atomic E-state index is -0.0869. The Morgan fingerprint density at radius 1 is 1.00 bits per heavy atom. The highest BCUT2D eigenvalue weighted by Gasteiger charge is 2.11. The topological polar surface area (TPSA) is 72.7 Å². The lowest BCUT2D eigenvalue weighted by atomic mass is 10.0. The van der Waals surface area contributed by atoms with Crippen LogP contribution >= 0.6 is 0 Å². The van der Waals surface area contributed by atoms with Crippen LogP contribution in [0.5, 0.6) is 0 Å². The molecule has 6 nitrogen and oxygen atoms in total. The molecule has 31 heavy (non-hydrogen) atoms. The number of nitrogens with zero attached hydrogens (tertiary/aromatic N) is 4. The molecule has 5 rings (SSSR count). The van der Waals surface area contributed by atoms with Crippen LogP contribution < -0.4 is 5.32 Å². The molecular formula is C25H21N5O. The quantitative estimate of drug-likeness (QED) is 0.480. The van der Waals surface area contributed by atoms with Gasteiger partial charge in [0.15, 0.2) is 5.65 Å². The lowest BCUT2D eigenvalue weighted by Gasteiger charge is -2.09. The van der Waals surface area contributed by atoms with Crippen LogP contribution in [-0.4, -0.2) is 32.5 Å². The van der Waals surface area contributed by atoms with Crippen molar-refractivity contribution in [3.63, 3.8) is 0 Å². The van der Waals surface area contributed by atoms with Crippen molar-refractivity contribution in [1.82, 2.24) is 24.8 Å². The van der Waals surface area contributed by atoms with Crippen molar-refractivity contribution in [2.45, 2.75) is 13.5 Å². The average molecular weight is 407 g/mol. The number of hydrogen-bond acceptors (Lipinski definition) is 4. The molecule has 1 amide bonds. The average Bonchev–Trinajstić information content (AvgIpc) is 3.20. The molecule has 0 radical (unpaired) electrons. The van der Waals surface area contributed by atoms with Gasteiger partial charge in [-0.15, -0.1) is 0 Å². The Bertz CT molecular complexity index is 1440. The highest BCUT2D eigenvalue weighted by Crippen LogP contribution is 2.24. The summed E-state index contributed by atoms with van der Waals surface area (Å²) in [5.74, 6) is -0.0869. The first-order valence-corrected chi connectivity index (χ1v) is 10.1. The first-order chi connectivity index (χ1) is 15.1. The Hall–Kier alpha value is -4.06. The summed E-state index contributed by atoms with van der Waals surface area (Å²) in [6, 6.07) is 20.0. The van der Waals surface area contributed by atoms with E-state index >= 15 is 0 Å². The minimum Gasteiger partial charge on any atom is -0.355 e. The molecule has 152 valence electrons. The Kier molecular flexibility index (Phi) is 4.67. The SMILES string of the molecule is CNC(=O)c1ccc(-c2ccc3ncn(Cc4ccc5ncccc5c4)c3n2)cc1C. The van der Waals surface area contributed by atoms with E-state index in [4.69, 9.17) is 4.98 Å². The number of aryl methyl sites for hydroxylation is 1. The maximum absolute atomic E-state index is 12.0. The number of nitrogens with one attached hydrogen (secondary N) is 1. The number of fused-ring (bicyclic) bond motifs is 2. The van der Waals surface area contributed by atoms with E-state index < -0.39 is 0 Å². The van der Waals surface area contributed by atoms with E-state index in [2.05, 4.69) is 38.1 Å². The molecule has 0 atom stereocenters. The van der Waals surface area contributed by atoms with Crippen LogP contribution in [0.4, 0.5) is 0 Å². The monoisotopic (exact) mass is 407 g/mol. The van der Waals surface area contributed by atoms with Crippen molar-refractivity contribution in [2.75, 3.05) is 7.05 Å². The number of hydrogen-bond donors (Lipinski definition) is 1. The molecular weight excluding hydrogens is 386 g/mol. The molecule has 0 aliphatic rings. The zero-order valence-corrected chi connectivity index (χ0v) is 17.3. The molecule has 0 aliphatic carbocycles. The molecule has 0 saturated carbocycles. The van der Waals surface area contributed by atoms with E-state index in [1.165, 1.54) is 0 Å². The Morgan fingerprint density at radius 2 is 1.87 bits per heavy atom. The Labute approximate surface area is 179 Å². The third-order valence-electron chi connectivity index (χ3n) is 5.48. The number of pyridine rings is 2. The second-order valence-corrected chi connectivity index (χ2v) is 7.55. The first kappa shape index (κ1) is 18.9. The van der Waals surface area contributed by atoms with Gasteiger partial charge in [-0.25, -0.2) is 9.97 Å². The van der Waals surface area contributed by atoms with Crippen LogP contribution in [0.25, 0.3) is 33.3 Å². The zero-order chi connectivity index (χ0) is 21.4. The maximum atomic E-state index is 12.0. The van der Waals surface area contributed by atoms with E-state index in [1.807, 2.05) is 55.7 Å². The van der Waals surface area contributed by atoms with Gasteiger partial charge in [-0.05, 0) is 60.5 Å². The van der Waals surface area contributed by atoms with Crippen LogP contribution in [0.15, 0.2) is 73.2 Å². The number of carbonyl (C=O) groups excluding carboxylic acids is 1. The fourth-order valence-corrected chi connectivity index (χ4v) is 3.85. The molecule has 0 spiro atoms. The second kappa shape index (κ2) is 7.65. The van der Waals surface area contributed by atoms with Crippen LogP contribution in [0.2, 0.25) is 0 Å². The minimum absolute atomic E-state index is 0.0869. The summed E-state index contributed by atoms with van der Waals surface area (Å²) < 4.78 is 2.06. The normalized spacial score (nSPS) is 11.2. The number of carbonyl (C=O) groups is 1. The van der Waals surface area contributed by atoms with Gasteiger partial charge in [0.05, 0.1) is 24.1 Å². The fourth-order valence-electron chi connectivity index (χ4n) is 3.85. The molecule has 5 aromatic rings. The van der Waals surface area contributed by atoms with Crippen molar-refractivity contribution >= 4 is 28.0 Å². The van der Waals surface area contributed by atoms with Crippen LogP contribution in [0, 0.1) is 6.92 Å². The van der Waals surface area contributed by atoms with Crippen molar-refractivity contribution in [3.8, 4) is 11.3 Å². The second-order valence-electron chi connectivity index (χ2n) is 7.55. The van der Waals surface area contributed by atoms with Crippen LogP contribution in [0.3, 0.4) is 0 Å². The Morgan fingerprint density at radius 3 is 2.71 bits per heavy atom. The highest BCUT2D eigenvalue weighted by atomic mass is 16.1. The molecule has 0 aliphatic heterocycles. The summed E-state index contributed by atoms with van der Waals surface area (Å²) in [6.07, 6.45) is 3.63. The van der Waals surface area contributed by atoms with Gasteiger partial charge in [0, 0.05) is 29.8 Å². The van der Waals surface area contributed by atoms with E-state index in [-0.39, 0.29) is 5.91 Å². The highest BCUT2D eigenvalue weighted by molar-refractivity contribution is 5.96. The number of amides is 1. The Balaban J connectivity index is 1.51. The summed E-state index contributed by atoms with van der Waals surface area (Å²) in [6.45, 7) is 2.61. The molecule has 0 bridgehead atoms. The van der Waals surface area contributed by atoms with E-state index in [0.29, 0.717) is 12.1 Å². The van der Waals surface area contributed by atoms with Crippen molar-refractivity contribution in [1.29, 1.82) is 0 Å². The van der Waals surface area contributed by atoms with E-state index in [0.717, 1.165) is 44.5 Å². The van der Waals surface area contributed by atoms with Gasteiger partial charge in [0.1, 0.15) is 5.52 Å². The first-order valence-electron chi connectivity index (χ1n) is 10.1. The van der Waals surface area contributed by atoms with Gasteiger partial charge in [-0.1, -0.05) is 18.2 Å². The van der Waals surface area contributed by atoms with Gasteiger partial charge in [-0.3, -0.25) is 9.78 Å². The molecule has 0 fully saturated rings. The smallest absolute Gasteiger partial charge is 0.251 e. The zero-order valence-electron chi connectivity index (χ0n) is 17.3. The molecule has 1 N–H and O–H groups in total. The number of aromatic nitrogens is 4. The van der Waals surface area contributed by atoms with Gasteiger partial charge in [-0.2, -0.15) is 0 Å². The van der Waals surface area contributed by atoms with Crippen molar-refractivity contribution in [2.24, 2.45) is 0 Å². The van der Waals surface area contributed by atoms with E-state index in [9.17, 15) is 4.79 Å². The number of rotatable bonds is 4. The summed E-state index contributed by atoms with van der Waals surface area (Å²) in [5, 5.41) is 3.79. The van der Waals surface area contributed by atoms with E-state index in [1.54, 1.807) is 13.2 Å². The third-order valence-corrected chi connectivity index (χ3v) is 5.48. The summed E-state index contributed by atoms with van der Waals surface area (Å²) in [4.78, 5) is 25.8. The summed E-state index contributed by atoms with van der Waals surface area (Å²) >= 11 is 0. The van der Waals surface area contributed by atoms with Gasteiger partial charge in [0.25, 0.3) is 5.91 Å². The number of imidazole rings is 1. The fraction of sp³-hybridized carbons (Fsp3) is 0.120. The van der Waals surface area contributed by atoms with Gasteiger partial charge in [0.2, 0.25) is 0 Å². The number of benzene rings is 2. The van der Waals surface area contributed by atoms with Crippen LogP contribution in [-0.2, 0) is 6.54 Å². The molecule has 3 heterocycles. The third kappa shape index (κ3) is 3.53. The molecule has 0 unspecified atom stereocenters. The largest absolute Gasteiger partial charge is 0.355 e. The standard InChI is InChI=1S/C25H21N5O/c1-16-12-19(6-7-20(16)25(31)26-2)22-9-10-23-24(29-22)30(15-28-23)14-17-5-8-21-18(13-17)4-3-11-27-21/h3-13,15H,14H2,1-2H3,(H,26,31). The van der Waals surface area contributed by atoms with Crippen LogP contribution in [0.1, 0.15) is 21.5 Å². The summed E-state index contributed by atoms with van der Waals surface area (Å²) in [7, 11) is 1.64. The predicted molar refractivity (Wildman–Crippen MR) is 122 cm³/mol.